The molecule has 3 heterocycles. The normalized spacial score (nSPS) is 34.5. The average molecular weight is 286 g/mol. The van der Waals surface area contributed by atoms with Gasteiger partial charge in [-0.2, -0.15) is 13.2 Å². The predicted molar refractivity (Wildman–Crippen MR) is 66.9 cm³/mol. The Morgan fingerprint density at radius 3 is 2.30 bits per heavy atom. The molecule has 2 aliphatic heterocycles. The summed E-state index contributed by atoms with van der Waals surface area (Å²) in [6.07, 6.45) is -0.432. The summed E-state index contributed by atoms with van der Waals surface area (Å²) in [5.41, 5.74) is -1.51. The Balaban J connectivity index is 1.86. The Bertz CT molecular complexity index is 486. The monoisotopic (exact) mass is 286 g/mol. The Morgan fingerprint density at radius 1 is 1.25 bits per heavy atom. The second-order valence-electron chi connectivity index (χ2n) is 5.92. The SMILES string of the molecule is CN1C2CCC1CC(O)(c1ccc(C(F)(F)F)cn1)C2. The van der Waals surface area contributed by atoms with Crippen LogP contribution in [0.5, 0.6) is 0 Å². The van der Waals surface area contributed by atoms with Crippen molar-refractivity contribution in [2.45, 2.75) is 49.5 Å². The zero-order valence-electron chi connectivity index (χ0n) is 11.2. The number of rotatable bonds is 1. The van der Waals surface area contributed by atoms with Crippen molar-refractivity contribution in [2.75, 3.05) is 7.05 Å². The van der Waals surface area contributed by atoms with Crippen LogP contribution in [0.3, 0.4) is 0 Å². The van der Waals surface area contributed by atoms with Gasteiger partial charge in [0.25, 0.3) is 0 Å². The van der Waals surface area contributed by atoms with E-state index in [1.54, 1.807) is 0 Å². The second kappa shape index (κ2) is 4.43. The van der Waals surface area contributed by atoms with Gasteiger partial charge in [0.05, 0.1) is 11.3 Å². The molecule has 110 valence electrons. The third-order valence-corrected chi connectivity index (χ3v) is 4.70. The fourth-order valence-electron chi connectivity index (χ4n) is 3.49. The minimum absolute atomic E-state index is 0.294. The van der Waals surface area contributed by atoms with Gasteiger partial charge >= 0.3 is 6.18 Å². The van der Waals surface area contributed by atoms with E-state index in [4.69, 9.17) is 0 Å². The van der Waals surface area contributed by atoms with E-state index < -0.39 is 17.3 Å². The van der Waals surface area contributed by atoms with Crippen molar-refractivity contribution < 1.29 is 18.3 Å². The zero-order chi connectivity index (χ0) is 14.5. The van der Waals surface area contributed by atoms with Crippen molar-refractivity contribution in [3.05, 3.63) is 29.6 Å². The summed E-state index contributed by atoms with van der Waals surface area (Å²) in [6, 6.07) is 2.90. The molecule has 0 aliphatic carbocycles. The minimum atomic E-state index is -4.39. The summed E-state index contributed by atoms with van der Waals surface area (Å²) < 4.78 is 37.6. The van der Waals surface area contributed by atoms with Gasteiger partial charge in [-0.3, -0.25) is 4.98 Å². The van der Waals surface area contributed by atoms with E-state index >= 15 is 0 Å². The maximum absolute atomic E-state index is 12.5. The van der Waals surface area contributed by atoms with Crippen LogP contribution >= 0.6 is 0 Å². The molecule has 2 atom stereocenters. The van der Waals surface area contributed by atoms with E-state index in [2.05, 4.69) is 9.88 Å². The number of hydrogen-bond acceptors (Lipinski definition) is 3. The molecule has 1 aromatic heterocycles. The largest absolute Gasteiger partial charge is 0.417 e. The lowest BCUT2D eigenvalue weighted by molar-refractivity contribution is -0.138. The number of alkyl halides is 3. The molecule has 2 saturated heterocycles. The first-order valence-electron chi connectivity index (χ1n) is 6.78. The van der Waals surface area contributed by atoms with Crippen molar-refractivity contribution in [3.8, 4) is 0 Å². The number of aliphatic hydroxyl groups is 1. The van der Waals surface area contributed by atoms with Crippen LogP contribution in [0.15, 0.2) is 18.3 Å². The van der Waals surface area contributed by atoms with Crippen molar-refractivity contribution in [3.63, 3.8) is 0 Å². The molecule has 6 heteroatoms. The molecule has 0 aromatic carbocycles. The molecular formula is C14H17F3N2O. The lowest BCUT2D eigenvalue weighted by atomic mass is 9.83. The molecule has 2 unspecified atom stereocenters. The molecule has 2 fully saturated rings. The van der Waals surface area contributed by atoms with Crippen LogP contribution in [0.1, 0.15) is 36.9 Å². The van der Waals surface area contributed by atoms with E-state index in [9.17, 15) is 18.3 Å². The van der Waals surface area contributed by atoms with Crippen LogP contribution in [0, 0.1) is 0 Å². The van der Waals surface area contributed by atoms with Crippen LogP contribution in [0.2, 0.25) is 0 Å². The van der Waals surface area contributed by atoms with Gasteiger partial charge in [-0.15, -0.1) is 0 Å². The lowest BCUT2D eigenvalue weighted by Gasteiger charge is -2.41. The minimum Gasteiger partial charge on any atom is -0.383 e. The van der Waals surface area contributed by atoms with Gasteiger partial charge in [-0.05, 0) is 44.9 Å². The van der Waals surface area contributed by atoms with Crippen molar-refractivity contribution >= 4 is 0 Å². The van der Waals surface area contributed by atoms with Crippen molar-refractivity contribution in [1.29, 1.82) is 0 Å². The molecule has 0 amide bonds. The van der Waals surface area contributed by atoms with Gasteiger partial charge < -0.3 is 10.0 Å². The number of halogens is 3. The van der Waals surface area contributed by atoms with Crippen LogP contribution in [0.4, 0.5) is 13.2 Å². The van der Waals surface area contributed by atoms with E-state index in [1.165, 1.54) is 6.07 Å². The molecule has 2 aliphatic rings. The van der Waals surface area contributed by atoms with Gasteiger partial charge in [-0.25, -0.2) is 0 Å². The summed E-state index contributed by atoms with van der Waals surface area (Å²) in [5.74, 6) is 0. The van der Waals surface area contributed by atoms with Crippen LogP contribution in [-0.2, 0) is 11.8 Å². The van der Waals surface area contributed by atoms with Crippen LogP contribution in [0.25, 0.3) is 0 Å². The number of hydrogen-bond donors (Lipinski definition) is 1. The van der Waals surface area contributed by atoms with Crippen molar-refractivity contribution in [1.82, 2.24) is 9.88 Å². The molecular weight excluding hydrogens is 269 g/mol. The summed E-state index contributed by atoms with van der Waals surface area (Å²) >= 11 is 0. The second-order valence-corrected chi connectivity index (χ2v) is 5.92. The lowest BCUT2D eigenvalue weighted by Crippen LogP contribution is -2.48. The van der Waals surface area contributed by atoms with Gasteiger partial charge in [-0.1, -0.05) is 0 Å². The highest BCUT2D eigenvalue weighted by Gasteiger charge is 2.47. The zero-order valence-corrected chi connectivity index (χ0v) is 11.2. The Morgan fingerprint density at radius 2 is 1.85 bits per heavy atom. The predicted octanol–water partition coefficient (Wildman–Crippen LogP) is 2.54. The summed E-state index contributed by atoms with van der Waals surface area (Å²) in [5, 5.41) is 10.8. The van der Waals surface area contributed by atoms with Gasteiger partial charge in [0.2, 0.25) is 0 Å². The Labute approximate surface area is 115 Å². The Kier molecular flexibility index (Phi) is 3.06. The highest BCUT2D eigenvalue weighted by Crippen LogP contribution is 2.44. The summed E-state index contributed by atoms with van der Waals surface area (Å²) in [7, 11) is 2.04. The first-order valence-corrected chi connectivity index (χ1v) is 6.78. The van der Waals surface area contributed by atoms with Crippen LogP contribution < -0.4 is 0 Å². The fourth-order valence-corrected chi connectivity index (χ4v) is 3.49. The van der Waals surface area contributed by atoms with E-state index in [-0.39, 0.29) is 0 Å². The van der Waals surface area contributed by atoms with E-state index in [0.717, 1.165) is 25.1 Å². The van der Waals surface area contributed by atoms with Crippen molar-refractivity contribution in [2.24, 2.45) is 0 Å². The molecule has 2 bridgehead atoms. The average Bonchev–Trinajstić information content (AvgIpc) is 2.62. The number of pyridine rings is 1. The molecule has 0 saturated carbocycles. The number of aromatic nitrogens is 1. The highest BCUT2D eigenvalue weighted by atomic mass is 19.4. The molecule has 1 N–H and O–H groups in total. The molecule has 3 rings (SSSR count). The maximum atomic E-state index is 12.5. The fraction of sp³-hybridized carbons (Fsp3) is 0.643. The third-order valence-electron chi connectivity index (χ3n) is 4.70. The third kappa shape index (κ3) is 2.20. The maximum Gasteiger partial charge on any atom is 0.417 e. The van der Waals surface area contributed by atoms with E-state index in [1.807, 2.05) is 7.05 Å². The van der Waals surface area contributed by atoms with Gasteiger partial charge in [0.1, 0.15) is 5.60 Å². The van der Waals surface area contributed by atoms with E-state index in [0.29, 0.717) is 30.6 Å². The number of nitrogens with zero attached hydrogens (tertiary/aromatic N) is 2. The summed E-state index contributed by atoms with van der Waals surface area (Å²) in [6.45, 7) is 0. The molecule has 20 heavy (non-hydrogen) atoms. The number of fused-ring (bicyclic) bond motifs is 2. The molecule has 0 radical (unpaired) electrons. The number of piperidine rings is 1. The smallest absolute Gasteiger partial charge is 0.383 e. The standard InChI is InChI=1S/C14H17F3N2O/c1-19-10-3-4-11(19)7-13(20,6-10)12-5-2-9(8-18-12)14(15,16)17/h2,5,8,10-11,20H,3-4,6-7H2,1H3. The van der Waals surface area contributed by atoms with Gasteiger partial charge in [0, 0.05) is 18.3 Å². The van der Waals surface area contributed by atoms with Crippen LogP contribution in [-0.4, -0.2) is 34.1 Å². The summed E-state index contributed by atoms with van der Waals surface area (Å²) in [4.78, 5) is 6.14. The van der Waals surface area contributed by atoms with Gasteiger partial charge in [0.15, 0.2) is 0 Å². The molecule has 1 aromatic rings. The highest BCUT2D eigenvalue weighted by molar-refractivity contribution is 5.23. The first-order chi connectivity index (χ1) is 9.29. The first kappa shape index (κ1) is 13.8. The molecule has 3 nitrogen and oxygen atoms in total. The quantitative estimate of drug-likeness (QED) is 0.862. The Hall–Kier alpha value is -1.14. The topological polar surface area (TPSA) is 36.4 Å². The molecule has 0 spiro atoms.